The standard InChI is InChI=1S/C26H29Cl2N3O6S2/c1-15(2)9-19(31-26(33)23-10-16-5-3-4-6-22(16)38-23)25(32)29-12-20-21(37-14-36-20)13-30-39(34,35)24-8-7-17(27)11-18(24)28/h3-8,10-11,15,19-21,30H,9,12-14H2,1-2H3,(H,29,32)(H,31,33)/t19-,20+,21+/m0/s1. The van der Waals surface area contributed by atoms with Crippen molar-refractivity contribution in [1.82, 2.24) is 15.4 Å². The molecule has 2 amide bonds. The van der Waals surface area contributed by atoms with E-state index in [4.69, 9.17) is 32.7 Å². The summed E-state index contributed by atoms with van der Waals surface area (Å²) in [5.41, 5.74) is 0. The highest BCUT2D eigenvalue weighted by atomic mass is 35.5. The minimum absolute atomic E-state index is 0.00343. The number of ether oxygens (including phenoxy) is 2. The number of carbonyl (C=O) groups is 2. The van der Waals surface area contributed by atoms with Crippen molar-refractivity contribution in [3.05, 3.63) is 63.5 Å². The first-order valence-corrected chi connectivity index (χ1v) is 15.3. The first kappa shape index (κ1) is 29.7. The lowest BCUT2D eigenvalue weighted by atomic mass is 10.0. The van der Waals surface area contributed by atoms with Gasteiger partial charge in [-0.05, 0) is 48.1 Å². The average Bonchev–Trinajstić information content (AvgIpc) is 3.52. The fourth-order valence-corrected chi connectivity index (χ4v) is 6.90. The van der Waals surface area contributed by atoms with Crippen LogP contribution >= 0.6 is 34.5 Å². The maximum Gasteiger partial charge on any atom is 0.262 e. The number of thiophene rings is 1. The molecule has 0 radical (unpaired) electrons. The van der Waals surface area contributed by atoms with E-state index in [2.05, 4.69) is 15.4 Å². The van der Waals surface area contributed by atoms with E-state index >= 15 is 0 Å². The topological polar surface area (TPSA) is 123 Å². The molecule has 2 aromatic carbocycles. The molecule has 0 saturated carbocycles. The number of rotatable bonds is 11. The van der Waals surface area contributed by atoms with Gasteiger partial charge in [-0.2, -0.15) is 0 Å². The van der Waals surface area contributed by atoms with Gasteiger partial charge in [0.15, 0.2) is 0 Å². The highest BCUT2D eigenvalue weighted by molar-refractivity contribution is 7.89. The Labute approximate surface area is 241 Å². The predicted molar refractivity (Wildman–Crippen MR) is 152 cm³/mol. The zero-order valence-corrected chi connectivity index (χ0v) is 24.4. The highest BCUT2D eigenvalue weighted by Crippen LogP contribution is 2.26. The number of sulfonamides is 1. The summed E-state index contributed by atoms with van der Waals surface area (Å²) >= 11 is 13.3. The SMILES string of the molecule is CC(C)C[C@H](NC(=O)c1cc2ccccc2s1)C(=O)NC[C@H]1OCO[C@@H]1CNS(=O)(=O)c1ccc(Cl)cc1Cl. The van der Waals surface area contributed by atoms with E-state index in [1.165, 1.54) is 29.5 Å². The van der Waals surface area contributed by atoms with Gasteiger partial charge in [0.1, 0.15) is 29.9 Å². The average molecular weight is 615 g/mol. The van der Waals surface area contributed by atoms with Crippen LogP contribution in [0.4, 0.5) is 0 Å². The van der Waals surface area contributed by atoms with Gasteiger partial charge in [0.05, 0.1) is 9.90 Å². The molecular weight excluding hydrogens is 585 g/mol. The van der Waals surface area contributed by atoms with Crippen LogP contribution in [0.3, 0.4) is 0 Å². The zero-order valence-electron chi connectivity index (χ0n) is 21.3. The summed E-state index contributed by atoms with van der Waals surface area (Å²) in [7, 11) is -3.94. The Balaban J connectivity index is 1.34. The van der Waals surface area contributed by atoms with Crippen LogP contribution < -0.4 is 15.4 Å². The van der Waals surface area contributed by atoms with Crippen LogP contribution in [0.2, 0.25) is 10.0 Å². The maximum atomic E-state index is 13.1. The Morgan fingerprint density at radius 2 is 1.77 bits per heavy atom. The molecule has 1 aliphatic rings. The molecule has 1 aliphatic heterocycles. The number of hydrogen-bond donors (Lipinski definition) is 3. The van der Waals surface area contributed by atoms with Crippen molar-refractivity contribution in [2.75, 3.05) is 19.9 Å². The second-order valence-corrected chi connectivity index (χ2v) is 13.2. The molecular formula is C26H29Cl2N3O6S2. The third-order valence-corrected chi connectivity index (χ3v) is 9.35. The van der Waals surface area contributed by atoms with Gasteiger partial charge in [-0.1, -0.05) is 55.2 Å². The molecule has 39 heavy (non-hydrogen) atoms. The largest absolute Gasteiger partial charge is 0.352 e. The van der Waals surface area contributed by atoms with Crippen LogP contribution in [0.5, 0.6) is 0 Å². The molecule has 210 valence electrons. The summed E-state index contributed by atoms with van der Waals surface area (Å²) in [5, 5.41) is 6.96. The van der Waals surface area contributed by atoms with E-state index in [0.29, 0.717) is 16.3 Å². The molecule has 0 bridgehead atoms. The maximum absolute atomic E-state index is 13.1. The molecule has 1 fully saturated rings. The number of halogens is 2. The predicted octanol–water partition coefficient (Wildman–Crippen LogP) is 4.19. The number of nitrogens with one attached hydrogen (secondary N) is 3. The van der Waals surface area contributed by atoms with Crippen molar-refractivity contribution < 1.29 is 27.5 Å². The summed E-state index contributed by atoms with van der Waals surface area (Å²) in [4.78, 5) is 26.5. The molecule has 2 heterocycles. The molecule has 1 aromatic heterocycles. The molecule has 0 unspecified atom stereocenters. The summed E-state index contributed by atoms with van der Waals surface area (Å²) < 4.78 is 40.0. The smallest absolute Gasteiger partial charge is 0.262 e. The summed E-state index contributed by atoms with van der Waals surface area (Å²) in [6.45, 7) is 3.86. The molecule has 3 aromatic rings. The van der Waals surface area contributed by atoms with E-state index < -0.39 is 28.3 Å². The molecule has 13 heteroatoms. The van der Waals surface area contributed by atoms with Gasteiger partial charge in [0, 0.05) is 22.8 Å². The van der Waals surface area contributed by atoms with Crippen molar-refractivity contribution in [2.45, 2.75) is 43.4 Å². The Hall–Kier alpha value is -2.25. The molecule has 3 N–H and O–H groups in total. The second kappa shape index (κ2) is 12.9. The first-order valence-electron chi connectivity index (χ1n) is 12.3. The van der Waals surface area contributed by atoms with Crippen LogP contribution in [0.15, 0.2) is 53.4 Å². The van der Waals surface area contributed by atoms with E-state index in [0.717, 1.165) is 10.1 Å². The van der Waals surface area contributed by atoms with Crippen molar-refractivity contribution in [1.29, 1.82) is 0 Å². The van der Waals surface area contributed by atoms with Crippen LogP contribution in [-0.2, 0) is 24.3 Å². The lowest BCUT2D eigenvalue weighted by molar-refractivity contribution is -0.123. The van der Waals surface area contributed by atoms with Gasteiger partial charge in [0.25, 0.3) is 5.91 Å². The highest BCUT2D eigenvalue weighted by Gasteiger charge is 2.32. The van der Waals surface area contributed by atoms with Gasteiger partial charge in [0.2, 0.25) is 15.9 Å². The van der Waals surface area contributed by atoms with Gasteiger partial charge >= 0.3 is 0 Å². The molecule has 0 spiro atoms. The molecule has 9 nitrogen and oxygen atoms in total. The lowest BCUT2D eigenvalue weighted by Crippen LogP contribution is -2.50. The summed E-state index contributed by atoms with van der Waals surface area (Å²) in [6, 6.07) is 12.9. The molecule has 4 rings (SSSR count). The number of fused-ring (bicyclic) bond motifs is 1. The van der Waals surface area contributed by atoms with Crippen LogP contribution in [0.25, 0.3) is 10.1 Å². The van der Waals surface area contributed by atoms with Gasteiger partial charge in [-0.15, -0.1) is 11.3 Å². The summed E-state index contributed by atoms with van der Waals surface area (Å²) in [5.74, 6) is -0.525. The normalized spacial score (nSPS) is 18.4. The summed E-state index contributed by atoms with van der Waals surface area (Å²) in [6.07, 6.45) is -0.812. The molecule has 3 atom stereocenters. The monoisotopic (exact) mass is 613 g/mol. The van der Waals surface area contributed by atoms with Crippen molar-refractivity contribution >= 4 is 66.5 Å². The number of amides is 2. The lowest BCUT2D eigenvalue weighted by Gasteiger charge is -2.22. The number of hydrogen-bond acceptors (Lipinski definition) is 7. The van der Waals surface area contributed by atoms with Crippen LogP contribution in [0, 0.1) is 5.92 Å². The van der Waals surface area contributed by atoms with Gasteiger partial charge < -0.3 is 20.1 Å². The fraction of sp³-hybridized carbons (Fsp3) is 0.385. The van der Waals surface area contributed by atoms with Gasteiger partial charge in [-0.3, -0.25) is 9.59 Å². The van der Waals surface area contributed by atoms with E-state index in [9.17, 15) is 18.0 Å². The quantitative estimate of drug-likeness (QED) is 0.298. The third kappa shape index (κ3) is 7.69. The number of carbonyl (C=O) groups excluding carboxylic acids is 2. The Morgan fingerprint density at radius 3 is 2.46 bits per heavy atom. The van der Waals surface area contributed by atoms with Crippen molar-refractivity contribution in [2.24, 2.45) is 5.92 Å². The van der Waals surface area contributed by atoms with Crippen LogP contribution in [0.1, 0.15) is 29.9 Å². The fourth-order valence-electron chi connectivity index (χ4n) is 4.12. The Kier molecular flexibility index (Phi) is 9.87. The third-order valence-electron chi connectivity index (χ3n) is 6.09. The van der Waals surface area contributed by atoms with Crippen LogP contribution in [-0.4, -0.2) is 58.4 Å². The van der Waals surface area contributed by atoms with E-state index in [1.54, 1.807) is 0 Å². The van der Waals surface area contributed by atoms with Crippen molar-refractivity contribution in [3.8, 4) is 0 Å². The minimum Gasteiger partial charge on any atom is -0.352 e. The Morgan fingerprint density at radius 1 is 1.05 bits per heavy atom. The second-order valence-electron chi connectivity index (χ2n) is 9.50. The van der Waals surface area contributed by atoms with E-state index in [1.807, 2.05) is 44.2 Å². The number of benzene rings is 2. The van der Waals surface area contributed by atoms with Crippen molar-refractivity contribution in [3.63, 3.8) is 0 Å². The molecule has 0 aliphatic carbocycles. The molecule has 1 saturated heterocycles. The first-order chi connectivity index (χ1) is 18.5. The Bertz CT molecular complexity index is 1410. The zero-order chi connectivity index (χ0) is 28.2. The van der Waals surface area contributed by atoms with Gasteiger partial charge in [-0.25, -0.2) is 13.1 Å². The van der Waals surface area contributed by atoms with E-state index in [-0.39, 0.29) is 47.5 Å². The minimum atomic E-state index is -3.94.